The van der Waals surface area contributed by atoms with Gasteiger partial charge in [0.05, 0.1) is 18.5 Å². The maximum Gasteiger partial charge on any atom is 0.278 e. The van der Waals surface area contributed by atoms with Crippen LogP contribution in [-0.2, 0) is 11.3 Å². The molecule has 0 bridgehead atoms. The molecule has 1 aromatic heterocycles. The minimum absolute atomic E-state index is 0.0714. The van der Waals surface area contributed by atoms with Gasteiger partial charge in [0.15, 0.2) is 11.4 Å². The third-order valence-corrected chi connectivity index (χ3v) is 4.34. The van der Waals surface area contributed by atoms with Crippen molar-refractivity contribution >= 4 is 11.8 Å². The van der Waals surface area contributed by atoms with Gasteiger partial charge in [0.25, 0.3) is 5.91 Å². The van der Waals surface area contributed by atoms with Crippen LogP contribution in [0.2, 0.25) is 0 Å². The zero-order valence-corrected chi connectivity index (χ0v) is 16.3. The number of primary amides is 1. The molecule has 0 aliphatic rings. The first-order chi connectivity index (χ1) is 14.1. The Hall–Kier alpha value is -3.61. The lowest BCUT2D eigenvalue weighted by Crippen LogP contribution is -2.34. The molecule has 0 unspecified atom stereocenters. The zero-order valence-electron chi connectivity index (χ0n) is 16.3. The summed E-state index contributed by atoms with van der Waals surface area (Å²) in [5.74, 6) is -0.373. The molecule has 0 atom stereocenters. The van der Waals surface area contributed by atoms with E-state index in [2.05, 4.69) is 5.10 Å². The lowest BCUT2D eigenvalue weighted by Gasteiger charge is -2.22. The van der Waals surface area contributed by atoms with Crippen molar-refractivity contribution in [3.8, 4) is 11.4 Å². The number of rotatable bonds is 9. The fourth-order valence-electron chi connectivity index (χ4n) is 2.93. The molecule has 7 heteroatoms. The number of hydrogen-bond donors (Lipinski definition) is 1. The molecular formula is C22H24N4O3. The Bertz CT molecular complexity index is 955. The minimum Gasteiger partial charge on any atom is -0.490 e. The van der Waals surface area contributed by atoms with E-state index in [1.54, 1.807) is 15.8 Å². The maximum absolute atomic E-state index is 13.3. The van der Waals surface area contributed by atoms with E-state index in [0.717, 1.165) is 11.3 Å². The highest BCUT2D eigenvalue weighted by atomic mass is 16.5. The second-order valence-corrected chi connectivity index (χ2v) is 6.48. The van der Waals surface area contributed by atoms with Gasteiger partial charge in [0.1, 0.15) is 0 Å². The van der Waals surface area contributed by atoms with E-state index in [1.165, 1.54) is 0 Å². The predicted molar refractivity (Wildman–Crippen MR) is 110 cm³/mol. The number of hydrogen-bond acceptors (Lipinski definition) is 4. The van der Waals surface area contributed by atoms with Crippen LogP contribution in [0.3, 0.4) is 0 Å². The van der Waals surface area contributed by atoms with Gasteiger partial charge in [-0.1, -0.05) is 48.5 Å². The van der Waals surface area contributed by atoms with E-state index < -0.39 is 5.91 Å². The summed E-state index contributed by atoms with van der Waals surface area (Å²) in [6.45, 7) is 2.80. The molecule has 150 valence electrons. The molecule has 7 nitrogen and oxygen atoms in total. The Balaban J connectivity index is 1.92. The van der Waals surface area contributed by atoms with E-state index in [1.807, 2.05) is 67.6 Å². The molecule has 0 spiro atoms. The van der Waals surface area contributed by atoms with Crippen LogP contribution in [0, 0.1) is 0 Å². The molecule has 3 rings (SSSR count). The van der Waals surface area contributed by atoms with Gasteiger partial charge in [-0.3, -0.25) is 9.59 Å². The Kier molecular flexibility index (Phi) is 6.63. The smallest absolute Gasteiger partial charge is 0.278 e. The van der Waals surface area contributed by atoms with Crippen molar-refractivity contribution < 1.29 is 14.3 Å². The third kappa shape index (κ3) is 5.22. The van der Waals surface area contributed by atoms with Gasteiger partial charge in [-0.25, -0.2) is 4.68 Å². The second kappa shape index (κ2) is 9.54. The van der Waals surface area contributed by atoms with E-state index in [-0.39, 0.29) is 24.6 Å². The monoisotopic (exact) mass is 392 g/mol. The molecule has 0 radical (unpaired) electrons. The molecule has 1 heterocycles. The Morgan fingerprint density at radius 3 is 2.34 bits per heavy atom. The van der Waals surface area contributed by atoms with Crippen molar-refractivity contribution in [2.45, 2.75) is 19.9 Å². The quantitative estimate of drug-likeness (QED) is 0.606. The Morgan fingerprint density at radius 2 is 1.72 bits per heavy atom. The van der Waals surface area contributed by atoms with Crippen LogP contribution in [0.15, 0.2) is 66.9 Å². The lowest BCUT2D eigenvalue weighted by molar-refractivity contribution is -0.118. The summed E-state index contributed by atoms with van der Waals surface area (Å²) in [6, 6.07) is 19.1. The molecule has 0 saturated heterocycles. The topological polar surface area (TPSA) is 90.5 Å². The highest BCUT2D eigenvalue weighted by molar-refractivity contribution is 5.95. The molecule has 0 fully saturated rings. The number of benzene rings is 2. The molecule has 0 saturated carbocycles. The molecule has 2 amide bonds. The molecule has 0 aliphatic heterocycles. The first-order valence-electron chi connectivity index (χ1n) is 9.48. The summed E-state index contributed by atoms with van der Waals surface area (Å²) in [4.78, 5) is 26.2. The van der Waals surface area contributed by atoms with Gasteiger partial charge in [-0.05, 0) is 24.6 Å². The van der Waals surface area contributed by atoms with Gasteiger partial charge in [-0.15, -0.1) is 0 Å². The van der Waals surface area contributed by atoms with E-state index in [0.29, 0.717) is 18.9 Å². The lowest BCUT2D eigenvalue weighted by atomic mass is 10.2. The van der Waals surface area contributed by atoms with Crippen LogP contribution in [0.4, 0.5) is 0 Å². The summed E-state index contributed by atoms with van der Waals surface area (Å²) < 4.78 is 7.28. The summed E-state index contributed by atoms with van der Waals surface area (Å²) in [5.41, 5.74) is 7.28. The van der Waals surface area contributed by atoms with Gasteiger partial charge >= 0.3 is 0 Å². The van der Waals surface area contributed by atoms with E-state index in [9.17, 15) is 9.59 Å². The number of carbonyl (C=O) groups excluding carboxylic acids is 2. The molecule has 2 N–H and O–H groups in total. The Labute approximate surface area is 169 Å². The fourth-order valence-corrected chi connectivity index (χ4v) is 2.93. The standard InChI is InChI=1S/C22H24N4O3/c1-2-29-19-16-26(18-11-7-4-8-12-18)24-21(19)22(28)25(14-13-20(23)27)15-17-9-5-3-6-10-17/h3-12,16H,2,13-15H2,1H3,(H2,23,27). The molecule has 3 aromatic rings. The normalized spacial score (nSPS) is 10.5. The first-order valence-corrected chi connectivity index (χ1v) is 9.48. The van der Waals surface area contributed by atoms with Gasteiger partial charge in [-0.2, -0.15) is 5.10 Å². The maximum atomic E-state index is 13.3. The number of para-hydroxylation sites is 1. The van der Waals surface area contributed by atoms with Crippen molar-refractivity contribution in [1.82, 2.24) is 14.7 Å². The molecule has 2 aromatic carbocycles. The molecular weight excluding hydrogens is 368 g/mol. The number of amides is 2. The van der Waals surface area contributed by atoms with E-state index >= 15 is 0 Å². The van der Waals surface area contributed by atoms with Crippen molar-refractivity contribution in [3.05, 3.63) is 78.1 Å². The second-order valence-electron chi connectivity index (χ2n) is 6.48. The minimum atomic E-state index is -0.462. The number of carbonyl (C=O) groups is 2. The van der Waals surface area contributed by atoms with Crippen molar-refractivity contribution in [2.24, 2.45) is 5.73 Å². The van der Waals surface area contributed by atoms with Crippen molar-refractivity contribution in [2.75, 3.05) is 13.2 Å². The van der Waals surface area contributed by atoms with Crippen LogP contribution in [-0.4, -0.2) is 39.6 Å². The number of aromatic nitrogens is 2. The van der Waals surface area contributed by atoms with Crippen molar-refractivity contribution in [1.29, 1.82) is 0 Å². The van der Waals surface area contributed by atoms with Gasteiger partial charge in [0.2, 0.25) is 5.91 Å². The number of nitrogens with zero attached hydrogens (tertiary/aromatic N) is 3. The highest BCUT2D eigenvalue weighted by Crippen LogP contribution is 2.22. The van der Waals surface area contributed by atoms with Crippen molar-refractivity contribution in [3.63, 3.8) is 0 Å². The van der Waals surface area contributed by atoms with Gasteiger partial charge < -0.3 is 15.4 Å². The average molecular weight is 392 g/mol. The molecule has 29 heavy (non-hydrogen) atoms. The molecule has 0 aliphatic carbocycles. The van der Waals surface area contributed by atoms with Crippen LogP contribution >= 0.6 is 0 Å². The average Bonchev–Trinajstić information content (AvgIpc) is 3.16. The summed E-state index contributed by atoms with van der Waals surface area (Å²) in [6.07, 6.45) is 1.77. The first kappa shape index (κ1) is 20.1. The largest absolute Gasteiger partial charge is 0.490 e. The summed E-state index contributed by atoms with van der Waals surface area (Å²) in [7, 11) is 0. The zero-order chi connectivity index (χ0) is 20.6. The fraction of sp³-hybridized carbons (Fsp3) is 0.227. The predicted octanol–water partition coefficient (Wildman–Crippen LogP) is 2.79. The number of ether oxygens (including phenoxy) is 1. The van der Waals surface area contributed by atoms with E-state index in [4.69, 9.17) is 10.5 Å². The van der Waals surface area contributed by atoms with Gasteiger partial charge in [0, 0.05) is 19.5 Å². The Morgan fingerprint density at radius 1 is 1.07 bits per heavy atom. The summed E-state index contributed by atoms with van der Waals surface area (Å²) >= 11 is 0. The van der Waals surface area contributed by atoms with Crippen LogP contribution in [0.5, 0.6) is 5.75 Å². The van der Waals surface area contributed by atoms with Crippen LogP contribution in [0.25, 0.3) is 5.69 Å². The number of nitrogens with two attached hydrogens (primary N) is 1. The SMILES string of the molecule is CCOc1cn(-c2ccccc2)nc1C(=O)N(CCC(N)=O)Cc1ccccc1. The third-order valence-electron chi connectivity index (χ3n) is 4.34. The summed E-state index contributed by atoms with van der Waals surface area (Å²) in [5, 5.41) is 4.47. The highest BCUT2D eigenvalue weighted by Gasteiger charge is 2.25. The van der Waals surface area contributed by atoms with Crippen LogP contribution in [0.1, 0.15) is 29.4 Å². The van der Waals surface area contributed by atoms with Crippen LogP contribution < -0.4 is 10.5 Å².